The van der Waals surface area contributed by atoms with Gasteiger partial charge < -0.3 is 5.73 Å². The molecule has 0 aliphatic carbocycles. The van der Waals surface area contributed by atoms with Crippen LogP contribution in [0, 0.1) is 5.82 Å². The molecule has 8 heteroatoms. The Morgan fingerprint density at radius 1 is 1.24 bits per heavy atom. The first-order chi connectivity index (χ1) is 9.83. The van der Waals surface area contributed by atoms with Gasteiger partial charge in [0.1, 0.15) is 10.7 Å². The van der Waals surface area contributed by atoms with E-state index in [0.717, 1.165) is 17.7 Å². The second kappa shape index (κ2) is 6.31. The van der Waals surface area contributed by atoms with Gasteiger partial charge in [0.05, 0.1) is 10.7 Å². The highest BCUT2D eigenvalue weighted by atomic mass is 79.9. The molecular formula is C13H11BrClFN2O2S. The fraction of sp³-hybridized carbons (Fsp3) is 0.0769. The standard InChI is InChI=1S/C13H11BrClFN2O2S/c14-10-5-8(7-17)1-4-13(10)21(19,20)18-12-3-2-9(16)6-11(12)15/h1-6,18H,7,17H2. The maximum absolute atomic E-state index is 13.0. The molecule has 0 aliphatic rings. The zero-order valence-electron chi connectivity index (χ0n) is 10.6. The van der Waals surface area contributed by atoms with Gasteiger partial charge in [-0.1, -0.05) is 17.7 Å². The zero-order valence-corrected chi connectivity index (χ0v) is 13.8. The maximum Gasteiger partial charge on any atom is 0.263 e. The van der Waals surface area contributed by atoms with Gasteiger partial charge in [0.15, 0.2) is 0 Å². The molecule has 2 aromatic rings. The van der Waals surface area contributed by atoms with Crippen LogP contribution in [0.5, 0.6) is 0 Å². The topological polar surface area (TPSA) is 72.2 Å². The highest BCUT2D eigenvalue weighted by Crippen LogP contribution is 2.28. The predicted octanol–water partition coefficient (Wildman–Crippen LogP) is 3.50. The van der Waals surface area contributed by atoms with E-state index in [2.05, 4.69) is 20.7 Å². The predicted molar refractivity (Wildman–Crippen MR) is 84.3 cm³/mol. The smallest absolute Gasteiger partial charge is 0.263 e. The Morgan fingerprint density at radius 3 is 2.52 bits per heavy atom. The van der Waals surface area contributed by atoms with Crippen LogP contribution >= 0.6 is 27.5 Å². The molecule has 2 rings (SSSR count). The SMILES string of the molecule is NCc1ccc(S(=O)(=O)Nc2ccc(F)cc2Cl)c(Br)c1. The van der Waals surface area contributed by atoms with Crippen LogP contribution in [0.2, 0.25) is 5.02 Å². The molecule has 21 heavy (non-hydrogen) atoms. The lowest BCUT2D eigenvalue weighted by Gasteiger charge is -2.11. The fourth-order valence-electron chi connectivity index (χ4n) is 1.66. The van der Waals surface area contributed by atoms with Crippen LogP contribution in [0.1, 0.15) is 5.56 Å². The Balaban J connectivity index is 2.38. The van der Waals surface area contributed by atoms with E-state index in [1.54, 1.807) is 12.1 Å². The molecule has 112 valence electrons. The third-order valence-corrected chi connectivity index (χ3v) is 5.35. The van der Waals surface area contributed by atoms with E-state index in [-0.39, 0.29) is 15.6 Å². The first kappa shape index (κ1) is 16.2. The first-order valence-corrected chi connectivity index (χ1v) is 8.45. The van der Waals surface area contributed by atoms with Crippen molar-refractivity contribution < 1.29 is 12.8 Å². The summed E-state index contributed by atoms with van der Waals surface area (Å²) in [7, 11) is -3.85. The second-order valence-electron chi connectivity index (χ2n) is 4.20. The molecule has 2 aromatic carbocycles. The summed E-state index contributed by atoms with van der Waals surface area (Å²) in [6.45, 7) is 0.302. The highest BCUT2D eigenvalue weighted by Gasteiger charge is 2.19. The molecule has 0 amide bonds. The van der Waals surface area contributed by atoms with E-state index in [1.807, 2.05) is 0 Å². The number of rotatable bonds is 4. The number of nitrogens with one attached hydrogen (secondary N) is 1. The highest BCUT2D eigenvalue weighted by molar-refractivity contribution is 9.10. The van der Waals surface area contributed by atoms with Gasteiger partial charge in [-0.05, 0) is 51.8 Å². The van der Waals surface area contributed by atoms with Crippen LogP contribution < -0.4 is 10.5 Å². The molecule has 0 aliphatic heterocycles. The van der Waals surface area contributed by atoms with Crippen molar-refractivity contribution in [3.63, 3.8) is 0 Å². The molecule has 0 aromatic heterocycles. The van der Waals surface area contributed by atoms with Crippen LogP contribution in [-0.2, 0) is 16.6 Å². The number of benzene rings is 2. The molecule has 3 N–H and O–H groups in total. The summed E-state index contributed by atoms with van der Waals surface area (Å²) < 4.78 is 40.3. The Labute approximate surface area is 135 Å². The molecule has 0 saturated carbocycles. The van der Waals surface area contributed by atoms with Gasteiger partial charge in [0.2, 0.25) is 0 Å². The van der Waals surface area contributed by atoms with Crippen LogP contribution in [0.4, 0.5) is 10.1 Å². The zero-order chi connectivity index (χ0) is 15.6. The van der Waals surface area contributed by atoms with Crippen molar-refractivity contribution in [1.29, 1.82) is 0 Å². The summed E-state index contributed by atoms with van der Waals surface area (Å²) in [4.78, 5) is 0.0418. The largest absolute Gasteiger partial charge is 0.326 e. The molecule has 0 heterocycles. The number of halogens is 3. The molecule has 0 bridgehead atoms. The lowest BCUT2D eigenvalue weighted by Crippen LogP contribution is -2.14. The molecule has 0 saturated heterocycles. The third-order valence-electron chi connectivity index (χ3n) is 2.70. The molecule has 4 nitrogen and oxygen atoms in total. The van der Waals surface area contributed by atoms with Crippen molar-refractivity contribution in [1.82, 2.24) is 0 Å². The van der Waals surface area contributed by atoms with Gasteiger partial charge in [-0.25, -0.2) is 12.8 Å². The van der Waals surface area contributed by atoms with Crippen LogP contribution in [0.15, 0.2) is 45.8 Å². The van der Waals surface area contributed by atoms with Crippen molar-refractivity contribution >= 4 is 43.2 Å². The van der Waals surface area contributed by atoms with Gasteiger partial charge >= 0.3 is 0 Å². The van der Waals surface area contributed by atoms with Gasteiger partial charge in [-0.3, -0.25) is 4.72 Å². The van der Waals surface area contributed by atoms with Crippen molar-refractivity contribution in [2.75, 3.05) is 4.72 Å². The number of sulfonamides is 1. The van der Waals surface area contributed by atoms with Gasteiger partial charge in [-0.2, -0.15) is 0 Å². The molecule has 0 radical (unpaired) electrons. The third kappa shape index (κ3) is 3.74. The van der Waals surface area contributed by atoms with E-state index in [9.17, 15) is 12.8 Å². The Morgan fingerprint density at radius 2 is 1.95 bits per heavy atom. The van der Waals surface area contributed by atoms with Gasteiger partial charge in [-0.15, -0.1) is 0 Å². The van der Waals surface area contributed by atoms with E-state index < -0.39 is 15.8 Å². The van der Waals surface area contributed by atoms with E-state index in [1.165, 1.54) is 12.1 Å². The minimum Gasteiger partial charge on any atom is -0.326 e. The number of nitrogens with two attached hydrogens (primary N) is 1. The Hall–Kier alpha value is -1.15. The van der Waals surface area contributed by atoms with Crippen molar-refractivity contribution in [3.8, 4) is 0 Å². The van der Waals surface area contributed by atoms with E-state index in [4.69, 9.17) is 17.3 Å². The lowest BCUT2D eigenvalue weighted by molar-refractivity contribution is 0.600. The average molecular weight is 394 g/mol. The summed E-state index contributed by atoms with van der Waals surface area (Å²) >= 11 is 9.01. The average Bonchev–Trinajstić information content (AvgIpc) is 2.41. The van der Waals surface area contributed by atoms with Crippen LogP contribution in [0.3, 0.4) is 0 Å². The monoisotopic (exact) mass is 392 g/mol. The van der Waals surface area contributed by atoms with Crippen molar-refractivity contribution in [2.45, 2.75) is 11.4 Å². The molecular weight excluding hydrogens is 383 g/mol. The van der Waals surface area contributed by atoms with Gasteiger partial charge in [0, 0.05) is 11.0 Å². The molecule has 0 fully saturated rings. The minimum atomic E-state index is -3.85. The summed E-state index contributed by atoms with van der Waals surface area (Å²) in [5.41, 5.74) is 6.39. The number of anilines is 1. The second-order valence-corrected chi connectivity index (χ2v) is 7.11. The Kier molecular flexibility index (Phi) is 4.88. The van der Waals surface area contributed by atoms with E-state index >= 15 is 0 Å². The van der Waals surface area contributed by atoms with Crippen LogP contribution in [-0.4, -0.2) is 8.42 Å². The molecule has 0 unspecified atom stereocenters. The lowest BCUT2D eigenvalue weighted by atomic mass is 10.2. The quantitative estimate of drug-likeness (QED) is 0.835. The van der Waals surface area contributed by atoms with Crippen molar-refractivity contribution in [2.24, 2.45) is 5.73 Å². The number of hydrogen-bond acceptors (Lipinski definition) is 3. The summed E-state index contributed by atoms with van der Waals surface area (Å²) in [6, 6.07) is 8.10. The van der Waals surface area contributed by atoms with Gasteiger partial charge in [0.25, 0.3) is 10.0 Å². The fourth-order valence-corrected chi connectivity index (χ4v) is 4.14. The normalized spacial score (nSPS) is 11.4. The molecule has 0 spiro atoms. The van der Waals surface area contributed by atoms with E-state index in [0.29, 0.717) is 11.0 Å². The first-order valence-electron chi connectivity index (χ1n) is 5.80. The van der Waals surface area contributed by atoms with Crippen LogP contribution in [0.25, 0.3) is 0 Å². The maximum atomic E-state index is 13.0. The summed E-state index contributed by atoms with van der Waals surface area (Å²) in [5.74, 6) is -0.545. The summed E-state index contributed by atoms with van der Waals surface area (Å²) in [6.07, 6.45) is 0. The van der Waals surface area contributed by atoms with Crippen molar-refractivity contribution in [3.05, 3.63) is 57.3 Å². The summed E-state index contributed by atoms with van der Waals surface area (Å²) in [5, 5.41) is -0.0201. The molecule has 0 atom stereocenters. The Bertz CT molecular complexity index is 784. The minimum absolute atomic E-state index is 0.0201. The number of hydrogen-bond donors (Lipinski definition) is 2.